The van der Waals surface area contributed by atoms with Gasteiger partial charge in [0, 0.05) is 31.7 Å². The van der Waals surface area contributed by atoms with Gasteiger partial charge >= 0.3 is 0 Å². The third-order valence-electron chi connectivity index (χ3n) is 5.15. The van der Waals surface area contributed by atoms with Gasteiger partial charge in [-0.1, -0.05) is 13.3 Å². The van der Waals surface area contributed by atoms with Crippen LogP contribution < -0.4 is 5.32 Å². The Balaban J connectivity index is 1.56. The Bertz CT molecular complexity index is 250. The van der Waals surface area contributed by atoms with Gasteiger partial charge < -0.3 is 5.32 Å². The summed E-state index contributed by atoms with van der Waals surface area (Å²) in [7, 11) is 0. The van der Waals surface area contributed by atoms with Crippen molar-refractivity contribution < 1.29 is 0 Å². The van der Waals surface area contributed by atoms with E-state index in [1.807, 2.05) is 0 Å². The van der Waals surface area contributed by atoms with E-state index in [-0.39, 0.29) is 0 Å². The molecule has 0 aromatic heterocycles. The van der Waals surface area contributed by atoms with Crippen LogP contribution in [0.25, 0.3) is 0 Å². The number of hydrogen-bond donors (Lipinski definition) is 1. The Labute approximate surface area is 106 Å². The zero-order chi connectivity index (χ0) is 11.7. The Kier molecular flexibility index (Phi) is 3.69. The molecule has 98 valence electrons. The molecule has 0 bridgehead atoms. The maximum atomic E-state index is 3.58. The van der Waals surface area contributed by atoms with Crippen LogP contribution in [0.15, 0.2) is 0 Å². The quantitative estimate of drug-likeness (QED) is 0.794. The minimum absolute atomic E-state index is 0.826. The third kappa shape index (κ3) is 2.38. The SMILES string of the molecule is CCC1CNCC1N1CCC(N2CCCC2)C1. The molecule has 0 aromatic rings. The van der Waals surface area contributed by atoms with Gasteiger partial charge in [-0.25, -0.2) is 0 Å². The summed E-state index contributed by atoms with van der Waals surface area (Å²) >= 11 is 0. The van der Waals surface area contributed by atoms with Crippen LogP contribution >= 0.6 is 0 Å². The molecule has 3 rings (SSSR count). The first kappa shape index (κ1) is 11.9. The monoisotopic (exact) mass is 237 g/mol. The Morgan fingerprint density at radius 1 is 1.06 bits per heavy atom. The zero-order valence-corrected chi connectivity index (χ0v) is 11.2. The molecule has 0 spiro atoms. The molecule has 0 amide bonds. The maximum Gasteiger partial charge on any atom is 0.0261 e. The van der Waals surface area contributed by atoms with Gasteiger partial charge in [0.05, 0.1) is 0 Å². The fourth-order valence-electron chi connectivity index (χ4n) is 4.04. The summed E-state index contributed by atoms with van der Waals surface area (Å²) in [4.78, 5) is 5.51. The molecule has 3 aliphatic heterocycles. The topological polar surface area (TPSA) is 18.5 Å². The van der Waals surface area contributed by atoms with Gasteiger partial charge in [-0.05, 0) is 44.8 Å². The van der Waals surface area contributed by atoms with Crippen LogP contribution in [-0.2, 0) is 0 Å². The van der Waals surface area contributed by atoms with E-state index in [9.17, 15) is 0 Å². The predicted octanol–water partition coefficient (Wildman–Crippen LogP) is 1.15. The summed E-state index contributed by atoms with van der Waals surface area (Å²) < 4.78 is 0. The first-order chi connectivity index (χ1) is 8.38. The van der Waals surface area contributed by atoms with Crippen molar-refractivity contribution in [1.82, 2.24) is 15.1 Å². The van der Waals surface area contributed by atoms with E-state index in [0.29, 0.717) is 0 Å². The highest BCUT2D eigenvalue weighted by atomic mass is 15.3. The maximum absolute atomic E-state index is 3.58. The van der Waals surface area contributed by atoms with E-state index in [0.717, 1.165) is 18.0 Å². The lowest BCUT2D eigenvalue weighted by atomic mass is 10.00. The molecule has 1 N–H and O–H groups in total. The average Bonchev–Trinajstić information content (AvgIpc) is 3.09. The molecule has 0 radical (unpaired) electrons. The Morgan fingerprint density at radius 3 is 2.65 bits per heavy atom. The van der Waals surface area contributed by atoms with Gasteiger partial charge in [0.25, 0.3) is 0 Å². The molecule has 0 aliphatic carbocycles. The van der Waals surface area contributed by atoms with Crippen molar-refractivity contribution in [3.63, 3.8) is 0 Å². The van der Waals surface area contributed by atoms with Crippen molar-refractivity contribution in [3.05, 3.63) is 0 Å². The summed E-state index contributed by atoms with van der Waals surface area (Å²) in [5.41, 5.74) is 0. The van der Waals surface area contributed by atoms with Crippen molar-refractivity contribution in [2.24, 2.45) is 5.92 Å². The molecule has 3 saturated heterocycles. The molecule has 3 fully saturated rings. The second-order valence-electron chi connectivity index (χ2n) is 6.07. The van der Waals surface area contributed by atoms with Crippen molar-refractivity contribution >= 4 is 0 Å². The van der Waals surface area contributed by atoms with Gasteiger partial charge in [-0.15, -0.1) is 0 Å². The lowest BCUT2D eigenvalue weighted by Gasteiger charge is -2.29. The minimum Gasteiger partial charge on any atom is -0.315 e. The highest BCUT2D eigenvalue weighted by Crippen LogP contribution is 2.26. The van der Waals surface area contributed by atoms with E-state index in [2.05, 4.69) is 22.0 Å². The first-order valence-corrected chi connectivity index (χ1v) is 7.57. The lowest BCUT2D eigenvalue weighted by Crippen LogP contribution is -2.42. The number of nitrogens with zero attached hydrogens (tertiary/aromatic N) is 2. The summed E-state index contributed by atoms with van der Waals surface area (Å²) in [6.07, 6.45) is 5.60. The van der Waals surface area contributed by atoms with E-state index in [1.165, 1.54) is 65.0 Å². The van der Waals surface area contributed by atoms with Crippen LogP contribution in [0.4, 0.5) is 0 Å². The minimum atomic E-state index is 0.826. The molecule has 3 nitrogen and oxygen atoms in total. The molecule has 3 heteroatoms. The van der Waals surface area contributed by atoms with E-state index < -0.39 is 0 Å². The van der Waals surface area contributed by atoms with Gasteiger partial charge in [-0.3, -0.25) is 9.80 Å². The third-order valence-corrected chi connectivity index (χ3v) is 5.15. The van der Waals surface area contributed by atoms with Crippen molar-refractivity contribution in [1.29, 1.82) is 0 Å². The van der Waals surface area contributed by atoms with Crippen LogP contribution in [-0.4, -0.2) is 61.2 Å². The summed E-state index contributed by atoms with van der Waals surface area (Å²) in [6, 6.07) is 1.70. The normalized spacial score (nSPS) is 40.4. The van der Waals surface area contributed by atoms with Crippen molar-refractivity contribution in [3.8, 4) is 0 Å². The van der Waals surface area contributed by atoms with Crippen LogP contribution in [0.5, 0.6) is 0 Å². The molecule has 3 aliphatic rings. The number of rotatable bonds is 3. The molecule has 0 saturated carbocycles. The molecule has 3 heterocycles. The van der Waals surface area contributed by atoms with E-state index in [1.54, 1.807) is 0 Å². The van der Waals surface area contributed by atoms with Gasteiger partial charge in [0.2, 0.25) is 0 Å². The number of likely N-dealkylation sites (tertiary alicyclic amines) is 2. The smallest absolute Gasteiger partial charge is 0.0261 e. The number of nitrogens with one attached hydrogen (secondary N) is 1. The summed E-state index contributed by atoms with van der Waals surface area (Å²) in [6.45, 7) is 10.2. The van der Waals surface area contributed by atoms with Gasteiger partial charge in [0.1, 0.15) is 0 Å². The Hall–Kier alpha value is -0.120. The van der Waals surface area contributed by atoms with Crippen LogP contribution in [0.2, 0.25) is 0 Å². The predicted molar refractivity (Wildman–Crippen MR) is 71.2 cm³/mol. The molecule has 3 atom stereocenters. The standard InChI is InChI=1S/C14H27N3/c1-2-12-9-15-10-14(12)17-8-5-13(11-17)16-6-3-4-7-16/h12-15H,2-11H2,1H3. The lowest BCUT2D eigenvalue weighted by molar-refractivity contribution is 0.179. The van der Waals surface area contributed by atoms with Crippen LogP contribution in [0, 0.1) is 5.92 Å². The van der Waals surface area contributed by atoms with Crippen LogP contribution in [0.3, 0.4) is 0 Å². The van der Waals surface area contributed by atoms with Crippen molar-refractivity contribution in [2.45, 2.75) is 44.7 Å². The first-order valence-electron chi connectivity index (χ1n) is 7.57. The number of hydrogen-bond acceptors (Lipinski definition) is 3. The van der Waals surface area contributed by atoms with E-state index >= 15 is 0 Å². The molecular weight excluding hydrogens is 210 g/mol. The van der Waals surface area contributed by atoms with E-state index in [4.69, 9.17) is 0 Å². The van der Waals surface area contributed by atoms with Gasteiger partial charge in [-0.2, -0.15) is 0 Å². The summed E-state index contributed by atoms with van der Waals surface area (Å²) in [5.74, 6) is 0.896. The summed E-state index contributed by atoms with van der Waals surface area (Å²) in [5, 5.41) is 3.58. The van der Waals surface area contributed by atoms with Gasteiger partial charge in [0.15, 0.2) is 0 Å². The highest BCUT2D eigenvalue weighted by Gasteiger charge is 2.37. The average molecular weight is 237 g/mol. The fraction of sp³-hybridized carbons (Fsp3) is 1.00. The zero-order valence-electron chi connectivity index (χ0n) is 11.2. The Morgan fingerprint density at radius 2 is 1.88 bits per heavy atom. The van der Waals surface area contributed by atoms with Crippen molar-refractivity contribution in [2.75, 3.05) is 39.3 Å². The fourth-order valence-corrected chi connectivity index (χ4v) is 4.04. The highest BCUT2D eigenvalue weighted by molar-refractivity contribution is 4.94. The largest absolute Gasteiger partial charge is 0.315 e. The molecule has 0 aromatic carbocycles. The second kappa shape index (κ2) is 5.25. The molecular formula is C14H27N3. The molecule has 17 heavy (non-hydrogen) atoms. The molecule has 3 unspecified atom stereocenters. The second-order valence-corrected chi connectivity index (χ2v) is 6.07. The van der Waals surface area contributed by atoms with Crippen LogP contribution in [0.1, 0.15) is 32.6 Å².